The average molecular weight is 373 g/mol. The molecule has 112 valence electrons. The molecule has 2 aromatic heterocycles. The van der Waals surface area contributed by atoms with Crippen LogP contribution in [0.4, 0.5) is 0 Å². The standard InChI is InChI=1S/C12H13BrN4O3S/c13-9-3-8(5-14-6-9)12-16-11(20-17-12)4-10-7-21(18,19)2-1-15-10/h3,5-6,10,15H,1-2,4,7H2. The topological polar surface area (TPSA) is 98.0 Å². The third kappa shape index (κ3) is 3.66. The number of nitrogens with one attached hydrogen (secondary N) is 1. The predicted octanol–water partition coefficient (Wildman–Crippen LogP) is 0.823. The second-order valence-corrected chi connectivity index (χ2v) is 8.02. The first-order chi connectivity index (χ1) is 10.0. The van der Waals surface area contributed by atoms with Crippen LogP contribution >= 0.6 is 15.9 Å². The van der Waals surface area contributed by atoms with E-state index in [1.165, 1.54) is 0 Å². The van der Waals surface area contributed by atoms with Gasteiger partial charge in [-0.15, -0.1) is 0 Å². The van der Waals surface area contributed by atoms with Crippen LogP contribution in [0.5, 0.6) is 0 Å². The first kappa shape index (κ1) is 14.6. The monoisotopic (exact) mass is 372 g/mol. The zero-order valence-corrected chi connectivity index (χ0v) is 13.4. The molecule has 0 bridgehead atoms. The zero-order valence-electron chi connectivity index (χ0n) is 11.0. The summed E-state index contributed by atoms with van der Waals surface area (Å²) in [6, 6.07) is 1.66. The van der Waals surface area contributed by atoms with E-state index in [-0.39, 0.29) is 17.5 Å². The number of nitrogens with zero attached hydrogens (tertiary/aromatic N) is 3. The lowest BCUT2D eigenvalue weighted by atomic mass is 10.2. The largest absolute Gasteiger partial charge is 0.339 e. The third-order valence-electron chi connectivity index (χ3n) is 3.15. The summed E-state index contributed by atoms with van der Waals surface area (Å²) in [6.07, 6.45) is 3.71. The minimum atomic E-state index is -2.97. The fourth-order valence-electron chi connectivity index (χ4n) is 2.20. The molecule has 0 amide bonds. The van der Waals surface area contributed by atoms with Crippen molar-refractivity contribution in [2.45, 2.75) is 12.5 Å². The maximum Gasteiger partial charge on any atom is 0.228 e. The van der Waals surface area contributed by atoms with Gasteiger partial charge in [-0.3, -0.25) is 4.98 Å². The highest BCUT2D eigenvalue weighted by molar-refractivity contribution is 9.10. The second kappa shape index (κ2) is 5.82. The lowest BCUT2D eigenvalue weighted by Crippen LogP contribution is -2.46. The van der Waals surface area contributed by atoms with E-state index in [4.69, 9.17) is 4.52 Å². The molecule has 9 heteroatoms. The maximum atomic E-state index is 11.6. The van der Waals surface area contributed by atoms with Crippen molar-refractivity contribution in [2.75, 3.05) is 18.1 Å². The normalized spacial score (nSPS) is 21.3. The van der Waals surface area contributed by atoms with Crippen molar-refractivity contribution in [3.05, 3.63) is 28.8 Å². The molecule has 1 unspecified atom stereocenters. The van der Waals surface area contributed by atoms with Crippen molar-refractivity contribution >= 4 is 25.8 Å². The van der Waals surface area contributed by atoms with E-state index in [0.717, 1.165) is 10.0 Å². The van der Waals surface area contributed by atoms with Crippen molar-refractivity contribution in [3.63, 3.8) is 0 Å². The van der Waals surface area contributed by atoms with Crippen LogP contribution in [0, 0.1) is 0 Å². The molecule has 3 heterocycles. The van der Waals surface area contributed by atoms with Gasteiger partial charge in [-0.05, 0) is 22.0 Å². The zero-order chi connectivity index (χ0) is 14.9. The molecule has 1 fully saturated rings. The summed E-state index contributed by atoms with van der Waals surface area (Å²) < 4.78 is 29.2. The van der Waals surface area contributed by atoms with Gasteiger partial charge in [0.25, 0.3) is 0 Å². The molecule has 0 spiro atoms. The molecule has 21 heavy (non-hydrogen) atoms. The Morgan fingerprint density at radius 2 is 2.29 bits per heavy atom. The molecule has 1 saturated heterocycles. The van der Waals surface area contributed by atoms with Crippen LogP contribution in [0.1, 0.15) is 5.89 Å². The number of sulfone groups is 1. The minimum Gasteiger partial charge on any atom is -0.339 e. The summed E-state index contributed by atoms with van der Waals surface area (Å²) in [5.41, 5.74) is 0.739. The Labute approximate surface area is 130 Å². The molecule has 1 aliphatic heterocycles. The van der Waals surface area contributed by atoms with E-state index in [1.807, 2.05) is 6.07 Å². The molecule has 0 aromatic carbocycles. The van der Waals surface area contributed by atoms with Gasteiger partial charge in [-0.2, -0.15) is 4.98 Å². The lowest BCUT2D eigenvalue weighted by Gasteiger charge is -2.21. The summed E-state index contributed by atoms with van der Waals surface area (Å²) in [7, 11) is -2.97. The fourth-order valence-corrected chi connectivity index (χ4v) is 4.01. The van der Waals surface area contributed by atoms with Crippen molar-refractivity contribution < 1.29 is 12.9 Å². The van der Waals surface area contributed by atoms with Crippen molar-refractivity contribution in [2.24, 2.45) is 0 Å². The molecule has 3 rings (SSSR count). The summed E-state index contributed by atoms with van der Waals surface area (Å²) in [6.45, 7) is 0.462. The van der Waals surface area contributed by atoms with E-state index >= 15 is 0 Å². The molecule has 2 aromatic rings. The van der Waals surface area contributed by atoms with Crippen molar-refractivity contribution in [1.29, 1.82) is 0 Å². The number of rotatable bonds is 3. The lowest BCUT2D eigenvalue weighted by molar-refractivity contribution is 0.361. The molecule has 1 aliphatic rings. The van der Waals surface area contributed by atoms with Crippen LogP contribution in [-0.4, -0.2) is 47.6 Å². The van der Waals surface area contributed by atoms with E-state index in [2.05, 4.69) is 36.4 Å². The number of hydrogen-bond acceptors (Lipinski definition) is 7. The van der Waals surface area contributed by atoms with Gasteiger partial charge < -0.3 is 9.84 Å². The van der Waals surface area contributed by atoms with Gasteiger partial charge in [0.05, 0.1) is 11.5 Å². The van der Waals surface area contributed by atoms with E-state index in [9.17, 15) is 8.42 Å². The first-order valence-electron chi connectivity index (χ1n) is 6.39. The summed E-state index contributed by atoms with van der Waals surface area (Å²) in [5.74, 6) is 1.14. The van der Waals surface area contributed by atoms with Gasteiger partial charge in [0.1, 0.15) is 0 Å². The Balaban J connectivity index is 1.73. The van der Waals surface area contributed by atoms with Crippen LogP contribution in [0.2, 0.25) is 0 Å². The van der Waals surface area contributed by atoms with E-state index in [1.54, 1.807) is 12.4 Å². The number of hydrogen-bond donors (Lipinski definition) is 1. The van der Waals surface area contributed by atoms with Gasteiger partial charge in [0.15, 0.2) is 9.84 Å². The first-order valence-corrected chi connectivity index (χ1v) is 9.00. The maximum absolute atomic E-state index is 11.6. The van der Waals surface area contributed by atoms with Gasteiger partial charge in [-0.1, -0.05) is 5.16 Å². The molecule has 1 N–H and O–H groups in total. The Kier molecular flexibility index (Phi) is 4.05. The molecular weight excluding hydrogens is 360 g/mol. The summed E-state index contributed by atoms with van der Waals surface area (Å²) in [5, 5.41) is 7.06. The Bertz CT molecular complexity index is 746. The Hall–Kier alpha value is -1.32. The van der Waals surface area contributed by atoms with Crippen LogP contribution in [0.3, 0.4) is 0 Å². The molecule has 0 aliphatic carbocycles. The van der Waals surface area contributed by atoms with Crippen LogP contribution in [-0.2, 0) is 16.3 Å². The highest BCUT2D eigenvalue weighted by Crippen LogP contribution is 2.19. The van der Waals surface area contributed by atoms with Crippen molar-refractivity contribution in [3.8, 4) is 11.4 Å². The molecule has 7 nitrogen and oxygen atoms in total. The van der Waals surface area contributed by atoms with Gasteiger partial charge >= 0.3 is 0 Å². The number of aromatic nitrogens is 3. The molecular formula is C12H13BrN4O3S. The third-order valence-corrected chi connectivity index (χ3v) is 5.32. The smallest absolute Gasteiger partial charge is 0.228 e. The van der Waals surface area contributed by atoms with Crippen LogP contribution in [0.25, 0.3) is 11.4 Å². The second-order valence-electron chi connectivity index (χ2n) is 4.87. The van der Waals surface area contributed by atoms with Crippen LogP contribution < -0.4 is 5.32 Å². The van der Waals surface area contributed by atoms with Crippen molar-refractivity contribution in [1.82, 2.24) is 20.4 Å². The summed E-state index contributed by atoms with van der Waals surface area (Å²) in [4.78, 5) is 8.33. The molecule has 0 radical (unpaired) electrons. The highest BCUT2D eigenvalue weighted by Gasteiger charge is 2.26. The Morgan fingerprint density at radius 1 is 1.43 bits per heavy atom. The van der Waals surface area contributed by atoms with E-state index in [0.29, 0.717) is 24.7 Å². The van der Waals surface area contributed by atoms with E-state index < -0.39 is 9.84 Å². The predicted molar refractivity (Wildman–Crippen MR) is 79.4 cm³/mol. The summed E-state index contributed by atoms with van der Waals surface area (Å²) >= 11 is 3.33. The minimum absolute atomic E-state index is 0.100. The number of pyridine rings is 1. The van der Waals surface area contributed by atoms with Gasteiger partial charge in [0.2, 0.25) is 11.7 Å². The molecule has 1 atom stereocenters. The molecule has 0 saturated carbocycles. The fraction of sp³-hybridized carbons (Fsp3) is 0.417. The Morgan fingerprint density at radius 3 is 3.05 bits per heavy atom. The average Bonchev–Trinajstić information content (AvgIpc) is 2.86. The van der Waals surface area contributed by atoms with Gasteiger partial charge in [-0.25, -0.2) is 8.42 Å². The number of halogens is 1. The SMILES string of the molecule is O=S1(=O)CCNC(Cc2nc(-c3cncc(Br)c3)no2)C1. The van der Waals surface area contributed by atoms with Crippen LogP contribution in [0.15, 0.2) is 27.5 Å². The quantitative estimate of drug-likeness (QED) is 0.851. The highest BCUT2D eigenvalue weighted by atomic mass is 79.9. The van der Waals surface area contributed by atoms with Gasteiger partial charge in [0, 0.05) is 41.4 Å².